The minimum atomic E-state index is -1.75. The molecule has 0 atom stereocenters. The van der Waals surface area contributed by atoms with E-state index in [1.807, 2.05) is 4.67 Å². The smallest absolute Gasteiger partial charge is 0.0689 e. The van der Waals surface area contributed by atoms with Gasteiger partial charge >= 0.3 is 29.6 Å². The number of rotatable bonds is 0. The Balaban J connectivity index is 0. The first-order valence-electron chi connectivity index (χ1n) is 1.36. The van der Waals surface area contributed by atoms with Crippen molar-refractivity contribution in [1.82, 2.24) is 0 Å². The molecule has 0 amide bonds. The summed E-state index contributed by atoms with van der Waals surface area (Å²) in [7, 11) is 0. The van der Waals surface area contributed by atoms with Gasteiger partial charge in [0, 0.05) is 0 Å². The van der Waals surface area contributed by atoms with Crippen molar-refractivity contribution in [2.45, 2.75) is 0 Å². The normalized spacial score (nSPS) is 5.43. The quantitative estimate of drug-likeness (QED) is 0.289. The van der Waals surface area contributed by atoms with E-state index < -0.39 is 5.09 Å². The van der Waals surface area contributed by atoms with Crippen LogP contribution in [0, 0.1) is 15.3 Å². The maximum Gasteiger partial charge on any atom is 0.0689 e. The van der Waals surface area contributed by atoms with Crippen LogP contribution in [0.2, 0.25) is 0 Å². The van der Waals surface area contributed by atoms with Gasteiger partial charge in [0.1, 0.15) is 0 Å². The van der Waals surface area contributed by atoms with Gasteiger partial charge in [-0.25, -0.2) is 0 Å². The Morgan fingerprint density at radius 1 is 1.71 bits per heavy atom. The third-order valence-corrected chi connectivity index (χ3v) is 0. The van der Waals surface area contributed by atoms with Gasteiger partial charge in [0.05, 0.1) is 5.09 Å². The van der Waals surface area contributed by atoms with Gasteiger partial charge in [0.15, 0.2) is 0 Å². The first kappa shape index (κ1) is 9.76. The second-order valence-corrected chi connectivity index (χ2v) is 1.72. The summed E-state index contributed by atoms with van der Waals surface area (Å²) in [6, 6.07) is 0. The molecule has 36 valence electrons. The summed E-state index contributed by atoms with van der Waals surface area (Å²) >= 11 is 1.21. The molecule has 0 unspecified atom stereocenters. The second kappa shape index (κ2) is 9.12. The van der Waals surface area contributed by atoms with E-state index >= 15 is 0 Å². The van der Waals surface area contributed by atoms with Crippen LogP contribution in [0.3, 0.4) is 0 Å². The summed E-state index contributed by atoms with van der Waals surface area (Å²) in [5.74, 6) is 0. The molecule has 0 N–H and O–H groups in total. The van der Waals surface area contributed by atoms with Gasteiger partial charge in [-0.1, -0.05) is 0 Å². The van der Waals surface area contributed by atoms with Gasteiger partial charge in [0.25, 0.3) is 0 Å². The van der Waals surface area contributed by atoms with Crippen LogP contribution in [0.15, 0.2) is 11.2 Å². The van der Waals surface area contributed by atoms with Crippen LogP contribution in [0.1, 0.15) is 0 Å². The molecule has 0 aromatic carbocycles. The number of nitrogens with zero attached hydrogens (tertiary/aromatic N) is 1. The van der Waals surface area contributed by atoms with Crippen molar-refractivity contribution in [3.63, 3.8) is 0 Å². The third kappa shape index (κ3) is 371. The van der Waals surface area contributed by atoms with E-state index in [-0.39, 0.29) is 0 Å². The van der Waals surface area contributed by atoms with Crippen LogP contribution in [0.5, 0.6) is 0 Å². The standard InChI is InChI=1S/C2H3.NO3.Zn/c1-2;2-1(3)4;/h1H,2H2;;/q;-1;+1. The van der Waals surface area contributed by atoms with Crippen LogP contribution in [-0.2, 0) is 18.3 Å². The molecule has 0 rings (SSSR count). The molecule has 0 radical (unpaired) electrons. The molecule has 0 saturated carbocycles. The van der Waals surface area contributed by atoms with Crippen LogP contribution < -0.4 is 0 Å². The van der Waals surface area contributed by atoms with Crippen molar-refractivity contribution in [1.29, 1.82) is 0 Å². The fraction of sp³-hybridized carbons (Fsp3) is 0. The zero-order valence-electron chi connectivity index (χ0n) is 3.66. The van der Waals surface area contributed by atoms with E-state index in [0.717, 1.165) is 0 Å². The molecule has 0 saturated heterocycles. The summed E-state index contributed by atoms with van der Waals surface area (Å²) in [4.78, 5) is 8.25. The molecular weight excluding hydrogens is 151 g/mol. The summed E-state index contributed by atoms with van der Waals surface area (Å²) in [5.41, 5.74) is 0. The minimum absolute atomic E-state index is 1.21. The Hall–Kier alpha value is -0.437. The minimum Gasteiger partial charge on any atom is -0.356 e. The first-order valence-corrected chi connectivity index (χ1v) is 3.08. The van der Waals surface area contributed by atoms with E-state index in [1.54, 1.807) is 0 Å². The Kier molecular flexibility index (Phi) is 12.7. The monoisotopic (exact) mass is 153 g/mol. The Labute approximate surface area is 50.6 Å². The van der Waals surface area contributed by atoms with Crippen LogP contribution >= 0.6 is 0 Å². The molecule has 5 heteroatoms. The van der Waals surface area contributed by atoms with E-state index in [1.165, 1.54) is 18.3 Å². The molecule has 0 aromatic heterocycles. The predicted molar refractivity (Wildman–Crippen MR) is 20.6 cm³/mol. The molecule has 4 nitrogen and oxygen atoms in total. The van der Waals surface area contributed by atoms with Gasteiger partial charge in [-0.2, -0.15) is 0 Å². The van der Waals surface area contributed by atoms with E-state index in [0.29, 0.717) is 0 Å². The average molecular weight is 154 g/mol. The van der Waals surface area contributed by atoms with E-state index in [4.69, 9.17) is 15.3 Å². The molecule has 0 heterocycles. The van der Waals surface area contributed by atoms with Gasteiger partial charge in [-0.3, -0.25) is 0 Å². The summed E-state index contributed by atoms with van der Waals surface area (Å²) in [5, 5.41) is 14.8. The molecule has 0 aliphatic rings. The molecule has 0 fully saturated rings. The van der Waals surface area contributed by atoms with Crippen molar-refractivity contribution in [2.75, 3.05) is 0 Å². The van der Waals surface area contributed by atoms with Crippen molar-refractivity contribution >= 4 is 0 Å². The third-order valence-electron chi connectivity index (χ3n) is 0. The van der Waals surface area contributed by atoms with Gasteiger partial charge in [-0.05, 0) is 0 Å². The van der Waals surface area contributed by atoms with Crippen LogP contribution in [-0.4, -0.2) is 5.09 Å². The second-order valence-electron chi connectivity index (χ2n) is 0.512. The molecule has 0 spiro atoms. The van der Waals surface area contributed by atoms with Gasteiger partial charge < -0.3 is 15.3 Å². The molecular formula is C2H3NO3Zn. The summed E-state index contributed by atoms with van der Waals surface area (Å²) in [6.07, 6.45) is 0. The predicted octanol–water partition coefficient (Wildman–Crippen LogP) is 0.438. The Bertz CT molecular complexity index is 60.0. The molecule has 7 heavy (non-hydrogen) atoms. The Morgan fingerprint density at radius 3 is 1.71 bits per heavy atom. The number of hydrogen-bond acceptors (Lipinski definition) is 3. The zero-order valence-corrected chi connectivity index (χ0v) is 6.63. The molecule has 0 bridgehead atoms. The van der Waals surface area contributed by atoms with Crippen molar-refractivity contribution < 1.29 is 23.4 Å². The van der Waals surface area contributed by atoms with Crippen molar-refractivity contribution in [3.8, 4) is 0 Å². The van der Waals surface area contributed by atoms with E-state index in [2.05, 4.69) is 6.58 Å². The van der Waals surface area contributed by atoms with Crippen molar-refractivity contribution in [3.05, 3.63) is 26.6 Å². The van der Waals surface area contributed by atoms with E-state index in [9.17, 15) is 0 Å². The maximum atomic E-state index is 8.25. The molecule has 0 aliphatic carbocycles. The first-order chi connectivity index (χ1) is 3.15. The topological polar surface area (TPSA) is 66.2 Å². The fourth-order valence-electron chi connectivity index (χ4n) is 0. The van der Waals surface area contributed by atoms with Crippen LogP contribution in [0.4, 0.5) is 0 Å². The SMILES string of the molecule is C=[CH][Zn+].O=[N+]([O-])[O-]. The molecule has 0 aromatic rings. The maximum absolute atomic E-state index is 8.25. The summed E-state index contributed by atoms with van der Waals surface area (Å²) in [6.45, 7) is 3.42. The Morgan fingerprint density at radius 2 is 1.71 bits per heavy atom. The fourth-order valence-corrected chi connectivity index (χ4v) is 0. The van der Waals surface area contributed by atoms with Gasteiger partial charge in [0.2, 0.25) is 0 Å². The van der Waals surface area contributed by atoms with Gasteiger partial charge in [-0.15, -0.1) is 0 Å². The number of hydrogen-bond donors (Lipinski definition) is 0. The molecule has 0 aliphatic heterocycles. The average Bonchev–Trinajstić information content (AvgIpc) is 1.33. The zero-order chi connectivity index (χ0) is 6.28. The van der Waals surface area contributed by atoms with Crippen LogP contribution in [0.25, 0.3) is 0 Å². The largest absolute Gasteiger partial charge is 0.356 e. The summed E-state index contributed by atoms with van der Waals surface area (Å²) < 4.78 is 1.88. The van der Waals surface area contributed by atoms with Crippen molar-refractivity contribution in [2.24, 2.45) is 0 Å².